The fraction of sp³-hybridized carbons (Fsp3) is 0.647. The molecule has 1 aromatic carbocycles. The summed E-state index contributed by atoms with van der Waals surface area (Å²) in [5, 5.41) is 4.49. The highest BCUT2D eigenvalue weighted by atomic mass is 35.5. The molecule has 0 fully saturated rings. The Morgan fingerprint density at radius 1 is 1.11 bits per heavy atom. The molecule has 1 nitrogen and oxygen atoms in total. The SMILES string of the molecule is CCC(C)CC(CNCC(C)C)c1ccccc1Cl. The standard InChI is InChI=1S/C17H28ClN/c1-5-14(4)10-15(12-19-11-13(2)3)16-8-6-7-9-17(16)18/h6-9,13-15,19H,5,10-12H2,1-4H3. The van der Waals surface area contributed by atoms with Crippen molar-refractivity contribution in [2.45, 2.75) is 46.5 Å². The third-order valence-corrected chi connectivity index (χ3v) is 4.02. The van der Waals surface area contributed by atoms with Gasteiger partial charge in [-0.1, -0.05) is 63.9 Å². The number of hydrogen-bond donors (Lipinski definition) is 1. The minimum Gasteiger partial charge on any atom is -0.316 e. The van der Waals surface area contributed by atoms with Crippen molar-refractivity contribution in [1.29, 1.82) is 0 Å². The zero-order chi connectivity index (χ0) is 14.3. The Labute approximate surface area is 123 Å². The normalized spacial score (nSPS) is 14.6. The summed E-state index contributed by atoms with van der Waals surface area (Å²) in [6.45, 7) is 11.2. The van der Waals surface area contributed by atoms with Crippen molar-refractivity contribution in [2.24, 2.45) is 11.8 Å². The van der Waals surface area contributed by atoms with Crippen molar-refractivity contribution < 1.29 is 0 Å². The van der Waals surface area contributed by atoms with Crippen LogP contribution in [0.25, 0.3) is 0 Å². The molecule has 0 aliphatic carbocycles. The molecule has 2 unspecified atom stereocenters. The van der Waals surface area contributed by atoms with E-state index in [1.165, 1.54) is 18.4 Å². The van der Waals surface area contributed by atoms with Crippen LogP contribution >= 0.6 is 11.6 Å². The van der Waals surface area contributed by atoms with Gasteiger partial charge < -0.3 is 5.32 Å². The van der Waals surface area contributed by atoms with Crippen molar-refractivity contribution in [3.05, 3.63) is 34.9 Å². The molecular weight excluding hydrogens is 254 g/mol. The molecule has 1 rings (SSSR count). The maximum Gasteiger partial charge on any atom is 0.0441 e. The van der Waals surface area contributed by atoms with E-state index in [0.29, 0.717) is 11.8 Å². The second kappa shape index (κ2) is 8.60. The largest absolute Gasteiger partial charge is 0.316 e. The van der Waals surface area contributed by atoms with Gasteiger partial charge in [-0.25, -0.2) is 0 Å². The molecule has 1 aromatic rings. The maximum absolute atomic E-state index is 6.36. The van der Waals surface area contributed by atoms with Gasteiger partial charge in [-0.05, 0) is 42.3 Å². The molecule has 0 aliphatic heterocycles. The van der Waals surface area contributed by atoms with Crippen LogP contribution in [0.3, 0.4) is 0 Å². The molecule has 0 radical (unpaired) electrons. The first-order chi connectivity index (χ1) is 9.04. The summed E-state index contributed by atoms with van der Waals surface area (Å²) in [4.78, 5) is 0. The summed E-state index contributed by atoms with van der Waals surface area (Å²) in [7, 11) is 0. The van der Waals surface area contributed by atoms with Gasteiger partial charge in [-0.15, -0.1) is 0 Å². The minimum atomic E-state index is 0.516. The quantitative estimate of drug-likeness (QED) is 0.698. The van der Waals surface area contributed by atoms with Crippen molar-refractivity contribution >= 4 is 11.6 Å². The lowest BCUT2D eigenvalue weighted by Crippen LogP contribution is -2.26. The van der Waals surface area contributed by atoms with Gasteiger partial charge in [-0.2, -0.15) is 0 Å². The molecule has 0 saturated carbocycles. The van der Waals surface area contributed by atoms with E-state index in [-0.39, 0.29) is 0 Å². The van der Waals surface area contributed by atoms with E-state index in [2.05, 4.69) is 45.1 Å². The van der Waals surface area contributed by atoms with Crippen LogP contribution < -0.4 is 5.32 Å². The number of halogens is 1. The highest BCUT2D eigenvalue weighted by molar-refractivity contribution is 6.31. The molecule has 0 saturated heterocycles. The van der Waals surface area contributed by atoms with Crippen LogP contribution in [0.4, 0.5) is 0 Å². The average Bonchev–Trinajstić information content (AvgIpc) is 2.37. The predicted molar refractivity (Wildman–Crippen MR) is 86.0 cm³/mol. The van der Waals surface area contributed by atoms with Crippen LogP contribution in [0.1, 0.15) is 52.0 Å². The first-order valence-corrected chi connectivity index (χ1v) is 7.87. The van der Waals surface area contributed by atoms with E-state index >= 15 is 0 Å². The van der Waals surface area contributed by atoms with Gasteiger partial charge in [0.2, 0.25) is 0 Å². The van der Waals surface area contributed by atoms with Crippen LogP contribution in [0.2, 0.25) is 5.02 Å². The fourth-order valence-corrected chi connectivity index (χ4v) is 2.62. The smallest absolute Gasteiger partial charge is 0.0441 e. The van der Waals surface area contributed by atoms with E-state index in [1.807, 2.05) is 12.1 Å². The van der Waals surface area contributed by atoms with Crippen molar-refractivity contribution in [2.75, 3.05) is 13.1 Å². The summed E-state index contributed by atoms with van der Waals surface area (Å²) in [5.41, 5.74) is 1.29. The summed E-state index contributed by atoms with van der Waals surface area (Å²) in [6.07, 6.45) is 2.43. The highest BCUT2D eigenvalue weighted by Gasteiger charge is 2.17. The van der Waals surface area contributed by atoms with E-state index in [1.54, 1.807) is 0 Å². The summed E-state index contributed by atoms with van der Waals surface area (Å²) in [6, 6.07) is 8.27. The maximum atomic E-state index is 6.36. The highest BCUT2D eigenvalue weighted by Crippen LogP contribution is 2.30. The number of rotatable bonds is 8. The molecule has 0 amide bonds. The van der Waals surface area contributed by atoms with Crippen LogP contribution in [-0.2, 0) is 0 Å². The van der Waals surface area contributed by atoms with Crippen LogP contribution in [0.5, 0.6) is 0 Å². The molecule has 19 heavy (non-hydrogen) atoms. The second-order valence-corrected chi connectivity index (χ2v) is 6.43. The van der Waals surface area contributed by atoms with Gasteiger partial charge in [0.05, 0.1) is 0 Å². The van der Waals surface area contributed by atoms with Crippen LogP contribution in [-0.4, -0.2) is 13.1 Å². The average molecular weight is 282 g/mol. The molecule has 0 aromatic heterocycles. The summed E-state index contributed by atoms with van der Waals surface area (Å²) < 4.78 is 0. The first-order valence-electron chi connectivity index (χ1n) is 7.49. The Kier molecular flexibility index (Phi) is 7.48. The summed E-state index contributed by atoms with van der Waals surface area (Å²) in [5.74, 6) is 1.94. The molecule has 0 bridgehead atoms. The number of nitrogens with one attached hydrogen (secondary N) is 1. The van der Waals surface area contributed by atoms with Gasteiger partial charge in [0.15, 0.2) is 0 Å². The minimum absolute atomic E-state index is 0.516. The molecule has 0 spiro atoms. The van der Waals surface area contributed by atoms with Gasteiger partial charge in [-0.3, -0.25) is 0 Å². The third kappa shape index (κ3) is 5.97. The zero-order valence-corrected chi connectivity index (χ0v) is 13.5. The van der Waals surface area contributed by atoms with E-state index in [0.717, 1.165) is 24.0 Å². The molecular formula is C17H28ClN. The third-order valence-electron chi connectivity index (χ3n) is 3.67. The Bertz CT molecular complexity index is 362. The van der Waals surface area contributed by atoms with E-state index in [4.69, 9.17) is 11.6 Å². The van der Waals surface area contributed by atoms with Crippen molar-refractivity contribution in [3.63, 3.8) is 0 Å². The number of hydrogen-bond acceptors (Lipinski definition) is 1. The topological polar surface area (TPSA) is 12.0 Å². The molecule has 2 heteroatoms. The Morgan fingerprint density at radius 3 is 2.37 bits per heavy atom. The lowest BCUT2D eigenvalue weighted by Gasteiger charge is -2.23. The Balaban J connectivity index is 2.71. The molecule has 2 atom stereocenters. The molecule has 0 heterocycles. The Hall–Kier alpha value is -0.530. The zero-order valence-electron chi connectivity index (χ0n) is 12.7. The van der Waals surface area contributed by atoms with Crippen molar-refractivity contribution in [1.82, 2.24) is 5.32 Å². The molecule has 0 aliphatic rings. The predicted octanol–water partition coefficient (Wildman–Crippen LogP) is 5.11. The first kappa shape index (κ1) is 16.5. The lowest BCUT2D eigenvalue weighted by atomic mass is 9.88. The Morgan fingerprint density at radius 2 is 1.79 bits per heavy atom. The fourth-order valence-electron chi connectivity index (χ4n) is 2.33. The van der Waals surface area contributed by atoms with Crippen molar-refractivity contribution in [3.8, 4) is 0 Å². The lowest BCUT2D eigenvalue weighted by molar-refractivity contribution is 0.425. The molecule has 108 valence electrons. The van der Waals surface area contributed by atoms with Crippen LogP contribution in [0, 0.1) is 11.8 Å². The monoisotopic (exact) mass is 281 g/mol. The number of benzene rings is 1. The van der Waals surface area contributed by atoms with E-state index < -0.39 is 0 Å². The van der Waals surface area contributed by atoms with Gasteiger partial charge in [0.25, 0.3) is 0 Å². The second-order valence-electron chi connectivity index (χ2n) is 6.02. The van der Waals surface area contributed by atoms with Gasteiger partial charge >= 0.3 is 0 Å². The summed E-state index contributed by atoms with van der Waals surface area (Å²) >= 11 is 6.36. The molecule has 1 N–H and O–H groups in total. The van der Waals surface area contributed by atoms with Crippen LogP contribution in [0.15, 0.2) is 24.3 Å². The van der Waals surface area contributed by atoms with E-state index in [9.17, 15) is 0 Å². The van der Waals surface area contributed by atoms with Gasteiger partial charge in [0.1, 0.15) is 0 Å². The van der Waals surface area contributed by atoms with Gasteiger partial charge in [0, 0.05) is 11.6 Å².